The van der Waals surface area contributed by atoms with Gasteiger partial charge in [0, 0.05) is 65.3 Å². The number of aromatic nitrogens is 2. The van der Waals surface area contributed by atoms with Crippen LogP contribution < -0.4 is 15.5 Å². The van der Waals surface area contributed by atoms with Crippen LogP contribution in [0.15, 0.2) is 41.7 Å². The molecular weight excluding hydrogens is 496 g/mol. The van der Waals surface area contributed by atoms with Gasteiger partial charge in [-0.1, -0.05) is 6.07 Å². The van der Waals surface area contributed by atoms with Gasteiger partial charge in [0.25, 0.3) is 0 Å². The summed E-state index contributed by atoms with van der Waals surface area (Å²) >= 11 is 0. The monoisotopic (exact) mass is 527 g/mol. The maximum absolute atomic E-state index is 13.2. The van der Waals surface area contributed by atoms with Crippen molar-refractivity contribution in [1.29, 1.82) is 0 Å². The number of aliphatic imine (C=N–C) groups is 1. The molecule has 1 saturated heterocycles. The van der Waals surface area contributed by atoms with Crippen LogP contribution in [0.4, 0.5) is 10.3 Å². The first-order valence-corrected chi connectivity index (χ1v) is 10.1. The number of anilines is 1. The number of guanidine groups is 1. The first-order chi connectivity index (χ1) is 14.2. The number of halogens is 2. The normalized spacial score (nSPS) is 14.9. The Kier molecular flexibility index (Phi) is 10.2. The van der Waals surface area contributed by atoms with Crippen LogP contribution in [0.3, 0.4) is 0 Å². The van der Waals surface area contributed by atoms with Gasteiger partial charge in [-0.25, -0.2) is 14.4 Å². The van der Waals surface area contributed by atoms with Gasteiger partial charge in [0.2, 0.25) is 5.95 Å². The van der Waals surface area contributed by atoms with Gasteiger partial charge < -0.3 is 15.5 Å². The number of nitrogens with one attached hydrogen (secondary N) is 2. The number of hydrogen-bond donors (Lipinski definition) is 2. The smallest absolute Gasteiger partial charge is 0.225 e. The Balaban J connectivity index is 0.00000320. The molecule has 164 valence electrons. The van der Waals surface area contributed by atoms with Gasteiger partial charge >= 0.3 is 0 Å². The molecule has 0 spiro atoms. The van der Waals surface area contributed by atoms with E-state index in [2.05, 4.69) is 35.4 Å². The summed E-state index contributed by atoms with van der Waals surface area (Å²) in [4.78, 5) is 17.6. The van der Waals surface area contributed by atoms with Crippen LogP contribution in [0.2, 0.25) is 0 Å². The molecule has 0 bridgehead atoms. The summed E-state index contributed by atoms with van der Waals surface area (Å²) in [5.41, 5.74) is 2.13. The SMILES string of the molecule is CN=C(NCCc1ccc(F)cc1C)NCCN1CCN(c2ncccn2)CC1.I. The molecule has 0 amide bonds. The Labute approximate surface area is 195 Å². The third kappa shape index (κ3) is 7.35. The van der Waals surface area contributed by atoms with Crippen LogP contribution in [0.25, 0.3) is 0 Å². The lowest BCUT2D eigenvalue weighted by Crippen LogP contribution is -2.49. The topological polar surface area (TPSA) is 68.7 Å². The van der Waals surface area contributed by atoms with E-state index in [1.807, 2.05) is 19.1 Å². The van der Waals surface area contributed by atoms with Gasteiger partial charge in [-0.2, -0.15) is 0 Å². The van der Waals surface area contributed by atoms with Crippen molar-refractivity contribution in [1.82, 2.24) is 25.5 Å². The van der Waals surface area contributed by atoms with E-state index in [0.717, 1.165) is 75.3 Å². The van der Waals surface area contributed by atoms with Gasteiger partial charge in [0.1, 0.15) is 5.82 Å². The van der Waals surface area contributed by atoms with E-state index in [1.165, 1.54) is 6.07 Å². The van der Waals surface area contributed by atoms with Crippen LogP contribution in [0.1, 0.15) is 11.1 Å². The Bertz CT molecular complexity index is 795. The van der Waals surface area contributed by atoms with Crippen molar-refractivity contribution in [3.63, 3.8) is 0 Å². The molecule has 1 aromatic carbocycles. The summed E-state index contributed by atoms with van der Waals surface area (Å²) in [5.74, 6) is 1.42. The number of rotatable bonds is 7. The van der Waals surface area contributed by atoms with Gasteiger partial charge in [-0.15, -0.1) is 24.0 Å². The van der Waals surface area contributed by atoms with E-state index in [9.17, 15) is 4.39 Å². The molecule has 3 rings (SSSR count). The molecular formula is C21H31FIN7. The average molecular weight is 527 g/mol. The summed E-state index contributed by atoms with van der Waals surface area (Å²) in [6, 6.07) is 6.78. The molecule has 2 N–H and O–H groups in total. The minimum atomic E-state index is -0.186. The predicted molar refractivity (Wildman–Crippen MR) is 130 cm³/mol. The van der Waals surface area contributed by atoms with Crippen LogP contribution >= 0.6 is 24.0 Å². The van der Waals surface area contributed by atoms with E-state index >= 15 is 0 Å². The zero-order valence-electron chi connectivity index (χ0n) is 17.6. The van der Waals surface area contributed by atoms with Gasteiger partial charge in [-0.05, 0) is 42.7 Å². The van der Waals surface area contributed by atoms with Crippen molar-refractivity contribution >= 4 is 35.9 Å². The van der Waals surface area contributed by atoms with Crippen molar-refractivity contribution in [2.45, 2.75) is 13.3 Å². The number of piperazine rings is 1. The Morgan fingerprint density at radius 3 is 2.47 bits per heavy atom. The maximum atomic E-state index is 13.2. The number of aryl methyl sites for hydroxylation is 1. The van der Waals surface area contributed by atoms with Crippen LogP contribution in [0, 0.1) is 12.7 Å². The van der Waals surface area contributed by atoms with Gasteiger partial charge in [0.15, 0.2) is 5.96 Å². The lowest BCUT2D eigenvalue weighted by molar-refractivity contribution is 0.260. The lowest BCUT2D eigenvalue weighted by Gasteiger charge is -2.34. The highest BCUT2D eigenvalue weighted by Crippen LogP contribution is 2.10. The third-order valence-corrected chi connectivity index (χ3v) is 5.14. The van der Waals surface area contributed by atoms with Crippen LogP contribution in [-0.2, 0) is 6.42 Å². The third-order valence-electron chi connectivity index (χ3n) is 5.14. The molecule has 0 radical (unpaired) electrons. The molecule has 9 heteroatoms. The zero-order chi connectivity index (χ0) is 20.5. The molecule has 1 fully saturated rings. The van der Waals surface area contributed by atoms with Crippen molar-refractivity contribution in [3.05, 3.63) is 53.6 Å². The molecule has 7 nitrogen and oxygen atoms in total. The molecule has 2 heterocycles. The zero-order valence-corrected chi connectivity index (χ0v) is 20.0. The minimum absolute atomic E-state index is 0. The van der Waals surface area contributed by atoms with Crippen molar-refractivity contribution in [2.75, 3.05) is 57.8 Å². The predicted octanol–water partition coefficient (Wildman–Crippen LogP) is 2.07. The van der Waals surface area contributed by atoms with E-state index in [-0.39, 0.29) is 29.8 Å². The largest absolute Gasteiger partial charge is 0.356 e. The highest BCUT2D eigenvalue weighted by Gasteiger charge is 2.18. The summed E-state index contributed by atoms with van der Waals surface area (Å²) < 4.78 is 13.2. The second-order valence-electron chi connectivity index (χ2n) is 7.12. The van der Waals surface area contributed by atoms with Crippen LogP contribution in [-0.4, -0.2) is 73.7 Å². The molecule has 0 saturated carbocycles. The summed E-state index contributed by atoms with van der Waals surface area (Å²) in [5, 5.41) is 6.70. The summed E-state index contributed by atoms with van der Waals surface area (Å²) in [6.45, 7) is 8.35. The molecule has 1 aliphatic heterocycles. The van der Waals surface area contributed by atoms with Gasteiger partial charge in [-0.3, -0.25) is 9.89 Å². The second kappa shape index (κ2) is 12.6. The van der Waals surface area contributed by atoms with Gasteiger partial charge in [0.05, 0.1) is 0 Å². The quantitative estimate of drug-likeness (QED) is 0.327. The number of benzene rings is 1. The second-order valence-corrected chi connectivity index (χ2v) is 7.12. The first-order valence-electron chi connectivity index (χ1n) is 10.1. The standard InChI is InChI=1S/C21H30FN7.HI/c1-17-16-19(22)5-4-18(17)6-9-24-20(23-2)25-10-11-28-12-14-29(15-13-28)21-26-7-3-8-27-21;/h3-5,7-8,16H,6,9-15H2,1-2H3,(H2,23,24,25);1H. The van der Waals surface area contributed by atoms with E-state index in [4.69, 9.17) is 0 Å². The Hall–Kier alpha value is -2.01. The van der Waals surface area contributed by atoms with Crippen molar-refractivity contribution in [2.24, 2.45) is 4.99 Å². The maximum Gasteiger partial charge on any atom is 0.225 e. The van der Waals surface area contributed by atoms with Crippen molar-refractivity contribution in [3.8, 4) is 0 Å². The molecule has 1 aliphatic rings. The van der Waals surface area contributed by atoms with E-state index < -0.39 is 0 Å². The first kappa shape index (κ1) is 24.3. The van der Waals surface area contributed by atoms with Crippen LogP contribution in [0.5, 0.6) is 0 Å². The molecule has 2 aromatic rings. The fraction of sp³-hybridized carbons (Fsp3) is 0.476. The number of hydrogen-bond acceptors (Lipinski definition) is 5. The fourth-order valence-corrected chi connectivity index (χ4v) is 3.43. The highest BCUT2D eigenvalue weighted by molar-refractivity contribution is 14.0. The molecule has 30 heavy (non-hydrogen) atoms. The Morgan fingerprint density at radius 1 is 1.10 bits per heavy atom. The summed E-state index contributed by atoms with van der Waals surface area (Å²) in [6.07, 6.45) is 4.40. The highest BCUT2D eigenvalue weighted by atomic mass is 127. The molecule has 0 atom stereocenters. The van der Waals surface area contributed by atoms with E-state index in [0.29, 0.717) is 0 Å². The molecule has 0 unspecified atom stereocenters. The Morgan fingerprint density at radius 2 is 1.80 bits per heavy atom. The average Bonchev–Trinajstić information content (AvgIpc) is 2.75. The summed E-state index contributed by atoms with van der Waals surface area (Å²) in [7, 11) is 1.77. The van der Waals surface area contributed by atoms with E-state index in [1.54, 1.807) is 25.5 Å². The molecule has 1 aromatic heterocycles. The fourth-order valence-electron chi connectivity index (χ4n) is 3.43. The molecule has 0 aliphatic carbocycles. The minimum Gasteiger partial charge on any atom is -0.356 e. The lowest BCUT2D eigenvalue weighted by atomic mass is 10.1. The number of nitrogens with zero attached hydrogens (tertiary/aromatic N) is 5. The van der Waals surface area contributed by atoms with Crippen molar-refractivity contribution < 1.29 is 4.39 Å².